The molecule has 15 heavy (non-hydrogen) atoms. The average Bonchev–Trinajstić information content (AvgIpc) is 2.24. The molecule has 0 saturated heterocycles. The first-order valence-electron chi connectivity index (χ1n) is 6.65. The maximum atomic E-state index is 3.56. The topological polar surface area (TPSA) is 12.0 Å². The second-order valence-corrected chi connectivity index (χ2v) is 4.42. The van der Waals surface area contributed by atoms with Gasteiger partial charge >= 0.3 is 0 Å². The zero-order valence-electron chi connectivity index (χ0n) is 10.9. The highest BCUT2D eigenvalue weighted by Gasteiger charge is 1.99. The van der Waals surface area contributed by atoms with Crippen LogP contribution in [-0.4, -0.2) is 12.6 Å². The summed E-state index contributed by atoms with van der Waals surface area (Å²) in [6.07, 6.45) is 13.8. The summed E-state index contributed by atoms with van der Waals surface area (Å²) in [6, 6.07) is 0.692. The molecule has 0 aromatic rings. The Morgan fingerprint density at radius 1 is 1.13 bits per heavy atom. The summed E-state index contributed by atoms with van der Waals surface area (Å²) in [6.45, 7) is 7.78. The van der Waals surface area contributed by atoms with Crippen molar-refractivity contribution in [3.05, 3.63) is 12.2 Å². The van der Waals surface area contributed by atoms with E-state index in [1.807, 2.05) is 0 Å². The second kappa shape index (κ2) is 11.8. The number of allylic oxidation sites excluding steroid dienone is 1. The number of hydrogen-bond acceptors (Lipinski definition) is 1. The zero-order chi connectivity index (χ0) is 11.4. The first kappa shape index (κ1) is 14.7. The van der Waals surface area contributed by atoms with E-state index in [2.05, 4.69) is 38.2 Å². The zero-order valence-corrected chi connectivity index (χ0v) is 10.9. The lowest BCUT2D eigenvalue weighted by Gasteiger charge is -2.12. The Hall–Kier alpha value is -0.300. The molecule has 0 rings (SSSR count). The molecule has 0 bridgehead atoms. The van der Waals surface area contributed by atoms with Crippen LogP contribution in [0.25, 0.3) is 0 Å². The van der Waals surface area contributed by atoms with Crippen LogP contribution in [0.5, 0.6) is 0 Å². The van der Waals surface area contributed by atoms with E-state index in [1.165, 1.54) is 38.5 Å². The lowest BCUT2D eigenvalue weighted by molar-refractivity contribution is 0.484. The molecule has 90 valence electrons. The standard InChI is InChI=1S/C14H29N/c1-4-6-8-9-10-12-14(3)15-13-11-7-5-2/h5,7,14-15H,4,6,8-13H2,1-3H3/b7-5+. The molecule has 0 radical (unpaired) electrons. The average molecular weight is 211 g/mol. The van der Waals surface area contributed by atoms with Crippen LogP contribution in [0, 0.1) is 0 Å². The predicted octanol–water partition coefficient (Wildman–Crippen LogP) is 4.29. The molecule has 0 aromatic carbocycles. The summed E-state index contributed by atoms with van der Waals surface area (Å²) >= 11 is 0. The van der Waals surface area contributed by atoms with E-state index in [0.29, 0.717) is 6.04 Å². The Morgan fingerprint density at radius 2 is 1.87 bits per heavy atom. The van der Waals surface area contributed by atoms with Gasteiger partial charge in [-0.25, -0.2) is 0 Å². The molecule has 1 atom stereocenters. The van der Waals surface area contributed by atoms with Crippen LogP contribution in [0.4, 0.5) is 0 Å². The molecule has 0 aliphatic heterocycles. The smallest absolute Gasteiger partial charge is 0.00388 e. The summed E-state index contributed by atoms with van der Waals surface area (Å²) in [5, 5.41) is 3.56. The Morgan fingerprint density at radius 3 is 2.53 bits per heavy atom. The Balaban J connectivity index is 3.14. The van der Waals surface area contributed by atoms with Crippen molar-refractivity contribution >= 4 is 0 Å². The van der Waals surface area contributed by atoms with E-state index in [0.717, 1.165) is 13.0 Å². The van der Waals surface area contributed by atoms with Crippen LogP contribution in [0.2, 0.25) is 0 Å². The minimum atomic E-state index is 0.692. The summed E-state index contributed by atoms with van der Waals surface area (Å²) < 4.78 is 0. The van der Waals surface area contributed by atoms with E-state index >= 15 is 0 Å². The number of unbranched alkanes of at least 4 members (excludes halogenated alkanes) is 4. The van der Waals surface area contributed by atoms with Crippen molar-refractivity contribution in [2.24, 2.45) is 0 Å². The van der Waals surface area contributed by atoms with E-state index in [1.54, 1.807) is 0 Å². The number of nitrogens with one attached hydrogen (secondary N) is 1. The van der Waals surface area contributed by atoms with E-state index in [4.69, 9.17) is 0 Å². The molecule has 1 N–H and O–H groups in total. The van der Waals surface area contributed by atoms with E-state index in [-0.39, 0.29) is 0 Å². The lowest BCUT2D eigenvalue weighted by atomic mass is 10.1. The molecule has 0 heterocycles. The fraction of sp³-hybridized carbons (Fsp3) is 0.857. The maximum Gasteiger partial charge on any atom is 0.00388 e. The quantitative estimate of drug-likeness (QED) is 0.420. The molecule has 0 spiro atoms. The third kappa shape index (κ3) is 11.6. The minimum absolute atomic E-state index is 0.692. The molecule has 0 amide bonds. The highest BCUT2D eigenvalue weighted by molar-refractivity contribution is 4.78. The summed E-state index contributed by atoms with van der Waals surface area (Å²) in [5.41, 5.74) is 0. The highest BCUT2D eigenvalue weighted by Crippen LogP contribution is 2.06. The third-order valence-corrected chi connectivity index (χ3v) is 2.78. The van der Waals surface area contributed by atoms with Gasteiger partial charge in [-0.1, -0.05) is 51.2 Å². The van der Waals surface area contributed by atoms with Crippen LogP contribution >= 0.6 is 0 Å². The fourth-order valence-corrected chi connectivity index (χ4v) is 1.74. The molecular weight excluding hydrogens is 182 g/mol. The molecule has 0 aromatic heterocycles. The van der Waals surface area contributed by atoms with Crippen molar-refractivity contribution in [1.29, 1.82) is 0 Å². The van der Waals surface area contributed by atoms with Gasteiger partial charge in [-0.3, -0.25) is 0 Å². The molecule has 0 aliphatic carbocycles. The Bertz CT molecular complexity index is 140. The van der Waals surface area contributed by atoms with E-state index in [9.17, 15) is 0 Å². The van der Waals surface area contributed by atoms with Gasteiger partial charge in [0.1, 0.15) is 0 Å². The fourth-order valence-electron chi connectivity index (χ4n) is 1.74. The molecule has 0 aliphatic rings. The Labute approximate surface area is 96.3 Å². The van der Waals surface area contributed by atoms with Gasteiger partial charge in [0.2, 0.25) is 0 Å². The van der Waals surface area contributed by atoms with Gasteiger partial charge in [0.15, 0.2) is 0 Å². The molecule has 1 unspecified atom stereocenters. The molecule has 0 fully saturated rings. The highest BCUT2D eigenvalue weighted by atomic mass is 14.9. The van der Waals surface area contributed by atoms with Gasteiger partial charge in [0, 0.05) is 6.04 Å². The van der Waals surface area contributed by atoms with Crippen LogP contribution in [0.3, 0.4) is 0 Å². The largest absolute Gasteiger partial charge is 0.314 e. The summed E-state index contributed by atoms with van der Waals surface area (Å²) in [7, 11) is 0. The maximum absolute atomic E-state index is 3.56. The molecule has 0 saturated carbocycles. The van der Waals surface area contributed by atoms with Crippen LogP contribution in [0.1, 0.15) is 65.7 Å². The van der Waals surface area contributed by atoms with Gasteiger partial charge in [-0.2, -0.15) is 0 Å². The van der Waals surface area contributed by atoms with E-state index < -0.39 is 0 Å². The first-order chi connectivity index (χ1) is 7.31. The van der Waals surface area contributed by atoms with Crippen LogP contribution in [0.15, 0.2) is 12.2 Å². The van der Waals surface area contributed by atoms with Crippen molar-refractivity contribution in [2.45, 2.75) is 71.8 Å². The second-order valence-electron chi connectivity index (χ2n) is 4.42. The van der Waals surface area contributed by atoms with Crippen LogP contribution < -0.4 is 5.32 Å². The van der Waals surface area contributed by atoms with Crippen LogP contribution in [-0.2, 0) is 0 Å². The first-order valence-corrected chi connectivity index (χ1v) is 6.65. The summed E-state index contributed by atoms with van der Waals surface area (Å²) in [5.74, 6) is 0. The molecule has 1 heteroatoms. The molecule has 1 nitrogen and oxygen atoms in total. The number of hydrogen-bond donors (Lipinski definition) is 1. The number of rotatable bonds is 10. The van der Waals surface area contributed by atoms with Crippen molar-refractivity contribution in [1.82, 2.24) is 5.32 Å². The lowest BCUT2D eigenvalue weighted by Crippen LogP contribution is -2.26. The Kier molecular flexibility index (Phi) is 11.5. The third-order valence-electron chi connectivity index (χ3n) is 2.78. The van der Waals surface area contributed by atoms with Gasteiger partial charge < -0.3 is 5.32 Å². The normalized spacial score (nSPS) is 13.5. The van der Waals surface area contributed by atoms with Gasteiger partial charge in [-0.15, -0.1) is 0 Å². The van der Waals surface area contributed by atoms with Gasteiger partial charge in [-0.05, 0) is 33.2 Å². The van der Waals surface area contributed by atoms with Crippen molar-refractivity contribution in [3.63, 3.8) is 0 Å². The van der Waals surface area contributed by atoms with Gasteiger partial charge in [0.25, 0.3) is 0 Å². The summed E-state index contributed by atoms with van der Waals surface area (Å²) in [4.78, 5) is 0. The van der Waals surface area contributed by atoms with Crippen molar-refractivity contribution in [3.8, 4) is 0 Å². The monoisotopic (exact) mass is 211 g/mol. The molecular formula is C14H29N. The van der Waals surface area contributed by atoms with Crippen molar-refractivity contribution in [2.75, 3.05) is 6.54 Å². The van der Waals surface area contributed by atoms with Crippen molar-refractivity contribution < 1.29 is 0 Å². The SMILES string of the molecule is C/C=C/CCNC(C)CCCCCCC. The minimum Gasteiger partial charge on any atom is -0.314 e. The predicted molar refractivity (Wildman–Crippen MR) is 70.3 cm³/mol. The van der Waals surface area contributed by atoms with Gasteiger partial charge in [0.05, 0.1) is 0 Å².